The van der Waals surface area contributed by atoms with Crippen molar-refractivity contribution in [2.75, 3.05) is 28.6 Å². The third-order valence-electron chi connectivity index (χ3n) is 5.02. The van der Waals surface area contributed by atoms with Crippen molar-refractivity contribution in [2.24, 2.45) is 0 Å². The zero-order chi connectivity index (χ0) is 20.8. The van der Waals surface area contributed by atoms with E-state index in [1.807, 2.05) is 44.2 Å². The Labute approximate surface area is 172 Å². The molecule has 0 atom stereocenters. The van der Waals surface area contributed by atoms with Crippen molar-refractivity contribution >= 4 is 28.9 Å². The van der Waals surface area contributed by atoms with Crippen LogP contribution in [-0.4, -0.2) is 29.0 Å². The summed E-state index contributed by atoms with van der Waals surface area (Å²) in [4.78, 5) is 23.3. The van der Waals surface area contributed by atoms with Crippen LogP contribution >= 0.6 is 0 Å². The molecule has 0 radical (unpaired) electrons. The van der Waals surface area contributed by atoms with Crippen LogP contribution in [0.3, 0.4) is 0 Å². The summed E-state index contributed by atoms with van der Waals surface area (Å²) in [6.45, 7) is 10.2. The fourth-order valence-electron chi connectivity index (χ4n) is 3.06. The molecule has 0 unspecified atom stereocenters. The summed E-state index contributed by atoms with van der Waals surface area (Å²) in [5, 5.41) is 6.09. The average Bonchev–Trinajstić information content (AvgIpc) is 2.74. The third-order valence-corrected chi connectivity index (χ3v) is 5.02. The summed E-state index contributed by atoms with van der Waals surface area (Å²) in [5.41, 5.74) is 5.46. The maximum absolute atomic E-state index is 12.5. The maximum Gasteiger partial charge on any atom is 0.258 e. The molecule has 6 nitrogen and oxygen atoms in total. The van der Waals surface area contributed by atoms with Crippen molar-refractivity contribution in [3.8, 4) is 0 Å². The number of amides is 1. The molecule has 2 N–H and O–H groups in total. The van der Waals surface area contributed by atoms with Crippen LogP contribution in [0.2, 0.25) is 0 Å². The largest absolute Gasteiger partial charge is 0.372 e. The molecule has 1 heterocycles. The number of aryl methyl sites for hydroxylation is 1. The standard InChI is InChI=1S/C23H27N5O/c1-5-28(6-2)20-12-10-19(11-13-20)26-23-24-14-18(15-25-23)22(29)27-21-9-7-8-16(3)17(21)4/h7-15H,5-6H2,1-4H3,(H,27,29)(H,24,25,26). The Bertz CT molecular complexity index is 964. The molecule has 0 spiro atoms. The molecule has 0 aliphatic heterocycles. The first-order valence-electron chi connectivity index (χ1n) is 9.83. The van der Waals surface area contributed by atoms with Crippen LogP contribution in [-0.2, 0) is 0 Å². The van der Waals surface area contributed by atoms with E-state index in [4.69, 9.17) is 0 Å². The topological polar surface area (TPSA) is 70.2 Å². The number of hydrogen-bond donors (Lipinski definition) is 2. The number of nitrogens with zero attached hydrogens (tertiary/aromatic N) is 3. The molecule has 0 aliphatic rings. The predicted octanol–water partition coefficient (Wildman–Crippen LogP) is 4.94. The molecule has 0 aliphatic carbocycles. The fraction of sp³-hybridized carbons (Fsp3) is 0.261. The van der Waals surface area contributed by atoms with E-state index in [0.29, 0.717) is 11.5 Å². The summed E-state index contributed by atoms with van der Waals surface area (Å²) >= 11 is 0. The third kappa shape index (κ3) is 4.90. The van der Waals surface area contributed by atoms with E-state index in [9.17, 15) is 4.79 Å². The first-order valence-corrected chi connectivity index (χ1v) is 9.83. The van der Waals surface area contributed by atoms with Crippen molar-refractivity contribution in [3.63, 3.8) is 0 Å². The van der Waals surface area contributed by atoms with Gasteiger partial charge in [0.25, 0.3) is 5.91 Å². The molecular weight excluding hydrogens is 362 g/mol. The van der Waals surface area contributed by atoms with Gasteiger partial charge in [-0.3, -0.25) is 4.79 Å². The van der Waals surface area contributed by atoms with E-state index < -0.39 is 0 Å². The van der Waals surface area contributed by atoms with Gasteiger partial charge < -0.3 is 15.5 Å². The summed E-state index contributed by atoms with van der Waals surface area (Å²) < 4.78 is 0. The second-order valence-electron chi connectivity index (χ2n) is 6.84. The van der Waals surface area contributed by atoms with Gasteiger partial charge in [-0.2, -0.15) is 0 Å². The fourth-order valence-corrected chi connectivity index (χ4v) is 3.06. The van der Waals surface area contributed by atoms with Crippen LogP contribution in [0.5, 0.6) is 0 Å². The summed E-state index contributed by atoms with van der Waals surface area (Å²) in [6.07, 6.45) is 3.06. The number of rotatable bonds is 7. The number of anilines is 4. The molecule has 0 fully saturated rings. The van der Waals surface area contributed by atoms with Gasteiger partial charge in [-0.05, 0) is 69.2 Å². The molecule has 150 valence electrons. The Morgan fingerprint density at radius 2 is 1.62 bits per heavy atom. The summed E-state index contributed by atoms with van der Waals surface area (Å²) in [5.74, 6) is 0.220. The number of nitrogens with one attached hydrogen (secondary N) is 2. The minimum Gasteiger partial charge on any atom is -0.372 e. The number of benzene rings is 2. The highest BCUT2D eigenvalue weighted by Crippen LogP contribution is 2.21. The SMILES string of the molecule is CCN(CC)c1ccc(Nc2ncc(C(=O)Nc3cccc(C)c3C)cn2)cc1. The van der Waals surface area contributed by atoms with E-state index in [-0.39, 0.29) is 5.91 Å². The van der Waals surface area contributed by atoms with Crippen LogP contribution in [0.1, 0.15) is 35.3 Å². The molecule has 0 bridgehead atoms. The highest BCUT2D eigenvalue weighted by Gasteiger charge is 2.10. The van der Waals surface area contributed by atoms with Gasteiger partial charge in [-0.25, -0.2) is 9.97 Å². The lowest BCUT2D eigenvalue weighted by molar-refractivity contribution is 0.102. The number of aromatic nitrogens is 2. The molecule has 0 saturated heterocycles. The maximum atomic E-state index is 12.5. The van der Waals surface area contributed by atoms with Gasteiger partial charge >= 0.3 is 0 Å². The van der Waals surface area contributed by atoms with Gasteiger partial charge in [0.2, 0.25) is 5.95 Å². The van der Waals surface area contributed by atoms with Crippen molar-refractivity contribution < 1.29 is 4.79 Å². The Balaban J connectivity index is 1.65. The second kappa shape index (κ2) is 9.19. The lowest BCUT2D eigenvalue weighted by Crippen LogP contribution is -2.21. The van der Waals surface area contributed by atoms with Gasteiger partial charge in [-0.1, -0.05) is 12.1 Å². The second-order valence-corrected chi connectivity index (χ2v) is 6.84. The molecule has 1 amide bonds. The highest BCUT2D eigenvalue weighted by atomic mass is 16.1. The summed E-state index contributed by atoms with van der Waals surface area (Å²) in [7, 11) is 0. The number of hydrogen-bond acceptors (Lipinski definition) is 5. The minimum absolute atomic E-state index is 0.228. The quantitative estimate of drug-likeness (QED) is 0.599. The van der Waals surface area contributed by atoms with Crippen molar-refractivity contribution in [2.45, 2.75) is 27.7 Å². The van der Waals surface area contributed by atoms with Crippen LogP contribution < -0.4 is 15.5 Å². The van der Waals surface area contributed by atoms with Crippen molar-refractivity contribution in [1.29, 1.82) is 0 Å². The minimum atomic E-state index is -0.228. The van der Waals surface area contributed by atoms with Gasteiger partial charge in [0.15, 0.2) is 0 Å². The van der Waals surface area contributed by atoms with E-state index in [0.717, 1.165) is 35.6 Å². The Hall–Kier alpha value is -3.41. The first-order chi connectivity index (χ1) is 14.0. The number of carbonyl (C=O) groups excluding carboxylic acids is 1. The lowest BCUT2D eigenvalue weighted by Gasteiger charge is -2.21. The average molecular weight is 390 g/mol. The normalized spacial score (nSPS) is 10.5. The Kier molecular flexibility index (Phi) is 6.44. The van der Waals surface area contributed by atoms with Crippen LogP contribution in [0.4, 0.5) is 23.0 Å². The molecule has 3 rings (SSSR count). The van der Waals surface area contributed by atoms with Crippen LogP contribution in [0, 0.1) is 13.8 Å². The van der Waals surface area contributed by atoms with Gasteiger partial charge in [-0.15, -0.1) is 0 Å². The van der Waals surface area contributed by atoms with E-state index in [1.165, 1.54) is 18.1 Å². The molecule has 1 aromatic heterocycles. The summed E-state index contributed by atoms with van der Waals surface area (Å²) in [6, 6.07) is 14.0. The smallest absolute Gasteiger partial charge is 0.258 e. The van der Waals surface area contributed by atoms with E-state index in [1.54, 1.807) is 0 Å². The van der Waals surface area contributed by atoms with Gasteiger partial charge in [0.05, 0.1) is 5.56 Å². The van der Waals surface area contributed by atoms with Crippen LogP contribution in [0.15, 0.2) is 54.9 Å². The Morgan fingerprint density at radius 1 is 0.966 bits per heavy atom. The van der Waals surface area contributed by atoms with E-state index in [2.05, 4.69) is 51.5 Å². The van der Waals surface area contributed by atoms with Gasteiger partial charge in [0.1, 0.15) is 0 Å². The monoisotopic (exact) mass is 389 g/mol. The lowest BCUT2D eigenvalue weighted by atomic mass is 10.1. The zero-order valence-electron chi connectivity index (χ0n) is 17.4. The molecule has 6 heteroatoms. The van der Waals surface area contributed by atoms with E-state index >= 15 is 0 Å². The molecule has 0 saturated carbocycles. The Morgan fingerprint density at radius 3 is 2.24 bits per heavy atom. The van der Waals surface area contributed by atoms with Gasteiger partial charge in [0, 0.05) is 42.5 Å². The van der Waals surface area contributed by atoms with Crippen LogP contribution in [0.25, 0.3) is 0 Å². The molecular formula is C23H27N5O. The predicted molar refractivity (Wildman–Crippen MR) is 119 cm³/mol. The number of carbonyl (C=O) groups is 1. The van der Waals surface area contributed by atoms with Crippen molar-refractivity contribution in [1.82, 2.24) is 9.97 Å². The highest BCUT2D eigenvalue weighted by molar-refractivity contribution is 6.04. The van der Waals surface area contributed by atoms with Crippen molar-refractivity contribution in [3.05, 3.63) is 71.5 Å². The molecule has 29 heavy (non-hydrogen) atoms. The molecule has 2 aromatic carbocycles. The zero-order valence-corrected chi connectivity index (χ0v) is 17.4. The molecule has 3 aromatic rings. The first kappa shape index (κ1) is 20.3.